The molecule has 0 saturated heterocycles. The zero-order valence-corrected chi connectivity index (χ0v) is 18.5. The molecule has 3 nitrogen and oxygen atoms in total. The minimum absolute atomic E-state index is 0.182. The number of allylic oxidation sites excluding steroid dienone is 2. The van der Waals surface area contributed by atoms with Crippen molar-refractivity contribution in [1.82, 2.24) is 5.32 Å². The topological polar surface area (TPSA) is 41.5 Å². The molecule has 0 aromatic heterocycles. The van der Waals surface area contributed by atoms with Crippen LogP contribution in [0.3, 0.4) is 0 Å². The van der Waals surface area contributed by atoms with Gasteiger partial charge in [-0.15, -0.1) is 11.6 Å². The van der Waals surface area contributed by atoms with Gasteiger partial charge in [0, 0.05) is 26.1 Å². The minimum Gasteiger partial charge on any atom is -0.385 e. The molecule has 28 heavy (non-hydrogen) atoms. The van der Waals surface area contributed by atoms with Crippen LogP contribution in [0, 0.1) is 23.7 Å². The Labute approximate surface area is 175 Å². The first-order chi connectivity index (χ1) is 13.4. The third kappa shape index (κ3) is 10.00. The lowest BCUT2D eigenvalue weighted by Crippen LogP contribution is -2.36. The molecule has 0 radical (unpaired) electrons. The molecule has 1 aliphatic rings. The number of hydrogen-bond donors (Lipinski definition) is 2. The molecule has 0 aromatic rings. The quantitative estimate of drug-likeness (QED) is 0.392. The lowest BCUT2D eigenvalue weighted by Gasteiger charge is -2.37. The maximum absolute atomic E-state index is 13.8. The van der Waals surface area contributed by atoms with Crippen LogP contribution in [0.4, 0.5) is 8.78 Å². The second kappa shape index (κ2) is 14.7. The third-order valence-corrected chi connectivity index (χ3v) is 6.45. The molecule has 166 valence electrons. The molecular formula is C22H40ClF2NO2. The van der Waals surface area contributed by atoms with Gasteiger partial charge in [-0.2, -0.15) is 0 Å². The summed E-state index contributed by atoms with van der Waals surface area (Å²) in [5.41, 5.74) is 0. The Morgan fingerprint density at radius 3 is 2.64 bits per heavy atom. The smallest absolute Gasteiger partial charge is 0.113 e. The van der Waals surface area contributed by atoms with Crippen molar-refractivity contribution in [3.8, 4) is 0 Å². The molecule has 0 saturated carbocycles. The highest BCUT2D eigenvalue weighted by Crippen LogP contribution is 2.38. The molecule has 0 amide bonds. The lowest BCUT2D eigenvalue weighted by molar-refractivity contribution is 0.0767. The Bertz CT molecular complexity index is 425. The minimum atomic E-state index is -0.942. The summed E-state index contributed by atoms with van der Waals surface area (Å²) in [4.78, 5) is 0. The van der Waals surface area contributed by atoms with Gasteiger partial charge in [-0.05, 0) is 75.5 Å². The first kappa shape index (κ1) is 25.8. The van der Waals surface area contributed by atoms with E-state index in [0.717, 1.165) is 19.3 Å². The predicted molar refractivity (Wildman–Crippen MR) is 113 cm³/mol. The van der Waals surface area contributed by atoms with Crippen molar-refractivity contribution in [3.63, 3.8) is 0 Å². The molecule has 0 aromatic carbocycles. The van der Waals surface area contributed by atoms with Gasteiger partial charge in [-0.3, -0.25) is 5.32 Å². The fraction of sp³-hybridized carbons (Fsp3) is 0.909. The van der Waals surface area contributed by atoms with Crippen LogP contribution in [-0.2, 0) is 4.74 Å². The Hall–Kier alpha value is -0.230. The fourth-order valence-electron chi connectivity index (χ4n) is 4.32. The van der Waals surface area contributed by atoms with Crippen molar-refractivity contribution in [2.24, 2.45) is 23.7 Å². The Balaban J connectivity index is 2.99. The number of rotatable bonds is 9. The van der Waals surface area contributed by atoms with E-state index in [1.165, 1.54) is 0 Å². The Morgan fingerprint density at radius 2 is 2.00 bits per heavy atom. The van der Waals surface area contributed by atoms with E-state index in [1.54, 1.807) is 14.0 Å². The van der Waals surface area contributed by atoms with Crippen molar-refractivity contribution < 1.29 is 18.6 Å². The Kier molecular flexibility index (Phi) is 13.6. The van der Waals surface area contributed by atoms with Gasteiger partial charge in [0.15, 0.2) is 0 Å². The predicted octanol–water partition coefficient (Wildman–Crippen LogP) is 5.26. The van der Waals surface area contributed by atoms with Crippen molar-refractivity contribution in [2.75, 3.05) is 26.1 Å². The fourth-order valence-corrected chi connectivity index (χ4v) is 4.70. The molecule has 0 aliphatic carbocycles. The number of aliphatic hydroxyl groups excluding tert-OH is 1. The zero-order chi connectivity index (χ0) is 20.9. The number of ether oxygens (including phenoxy) is 1. The van der Waals surface area contributed by atoms with E-state index in [2.05, 4.69) is 24.4 Å². The third-order valence-electron chi connectivity index (χ3n) is 6.05. The second-order valence-corrected chi connectivity index (χ2v) is 8.65. The van der Waals surface area contributed by atoms with E-state index < -0.39 is 18.6 Å². The van der Waals surface area contributed by atoms with Crippen LogP contribution in [0.5, 0.6) is 0 Å². The van der Waals surface area contributed by atoms with Gasteiger partial charge in [0.2, 0.25) is 0 Å². The van der Waals surface area contributed by atoms with Gasteiger partial charge in [-0.1, -0.05) is 19.1 Å². The molecule has 1 rings (SSSR count). The van der Waals surface area contributed by atoms with Crippen LogP contribution in [0.2, 0.25) is 0 Å². The lowest BCUT2D eigenvalue weighted by atomic mass is 9.70. The SMILES string of the molecule is COCCC(C(CCl)CCC(C)F)C1CCC(O)NCC(F)CC/C=C\C1C. The van der Waals surface area contributed by atoms with Crippen LogP contribution in [-0.4, -0.2) is 49.8 Å². The van der Waals surface area contributed by atoms with Crippen molar-refractivity contribution >= 4 is 11.6 Å². The van der Waals surface area contributed by atoms with Crippen LogP contribution in [0.1, 0.15) is 58.8 Å². The molecular weight excluding hydrogens is 384 g/mol. The zero-order valence-electron chi connectivity index (χ0n) is 17.8. The van der Waals surface area contributed by atoms with Gasteiger partial charge in [0.25, 0.3) is 0 Å². The van der Waals surface area contributed by atoms with Gasteiger partial charge < -0.3 is 9.84 Å². The van der Waals surface area contributed by atoms with Crippen molar-refractivity contribution in [3.05, 3.63) is 12.2 Å². The average Bonchev–Trinajstić information content (AvgIpc) is 2.66. The number of hydrogen-bond acceptors (Lipinski definition) is 3. The van der Waals surface area contributed by atoms with Crippen LogP contribution in [0.15, 0.2) is 12.2 Å². The summed E-state index contributed by atoms with van der Waals surface area (Å²) in [7, 11) is 1.70. The number of nitrogens with one attached hydrogen (secondary N) is 1. The second-order valence-electron chi connectivity index (χ2n) is 8.34. The summed E-state index contributed by atoms with van der Waals surface area (Å²) in [5, 5.41) is 13.2. The maximum Gasteiger partial charge on any atom is 0.113 e. The number of methoxy groups -OCH3 is 1. The summed E-state index contributed by atoms with van der Waals surface area (Å²) >= 11 is 6.33. The molecule has 0 bridgehead atoms. The van der Waals surface area contributed by atoms with Crippen molar-refractivity contribution in [1.29, 1.82) is 0 Å². The summed E-state index contributed by atoms with van der Waals surface area (Å²) < 4.78 is 32.6. The molecule has 6 heteroatoms. The van der Waals surface area contributed by atoms with E-state index in [1.807, 2.05) is 0 Å². The van der Waals surface area contributed by atoms with Gasteiger partial charge in [-0.25, -0.2) is 8.78 Å². The monoisotopic (exact) mass is 423 g/mol. The molecule has 2 N–H and O–H groups in total. The summed E-state index contributed by atoms with van der Waals surface area (Å²) in [6, 6.07) is 0. The number of halogens is 3. The van der Waals surface area contributed by atoms with E-state index >= 15 is 0 Å². The summed E-state index contributed by atoms with van der Waals surface area (Å²) in [6.45, 7) is 4.60. The number of aliphatic hydroxyl groups is 1. The van der Waals surface area contributed by atoms with Gasteiger partial charge in [0.05, 0.1) is 6.17 Å². The Morgan fingerprint density at radius 1 is 1.25 bits per heavy atom. The maximum atomic E-state index is 13.8. The average molecular weight is 424 g/mol. The summed E-state index contributed by atoms with van der Waals surface area (Å²) in [5.74, 6) is 1.59. The molecule has 7 atom stereocenters. The molecule has 1 aliphatic heterocycles. The highest BCUT2D eigenvalue weighted by atomic mass is 35.5. The molecule has 1 heterocycles. The largest absolute Gasteiger partial charge is 0.385 e. The van der Waals surface area contributed by atoms with Crippen LogP contribution < -0.4 is 5.32 Å². The molecule has 7 unspecified atom stereocenters. The standard InChI is InChI=1S/C22H40ClF2NO2/c1-16-6-4-5-7-19(25)15-26-22(27)11-10-20(16)21(12-13-28-3)18(14-23)9-8-17(2)24/h4,6,16-22,26-27H,5,7-15H2,1-3H3/b6-4-. The first-order valence-electron chi connectivity index (χ1n) is 10.8. The van der Waals surface area contributed by atoms with Crippen LogP contribution >= 0.6 is 11.6 Å². The van der Waals surface area contributed by atoms with E-state index in [0.29, 0.717) is 50.0 Å². The highest BCUT2D eigenvalue weighted by Gasteiger charge is 2.32. The first-order valence-corrected chi connectivity index (χ1v) is 11.3. The van der Waals surface area contributed by atoms with Gasteiger partial charge in [0.1, 0.15) is 12.4 Å². The normalized spacial score (nSPS) is 32.0. The van der Waals surface area contributed by atoms with Crippen LogP contribution in [0.25, 0.3) is 0 Å². The molecule has 0 fully saturated rings. The number of alkyl halides is 3. The highest BCUT2D eigenvalue weighted by molar-refractivity contribution is 6.18. The summed E-state index contributed by atoms with van der Waals surface area (Å²) in [6.07, 6.45) is 6.44. The molecule has 0 spiro atoms. The van der Waals surface area contributed by atoms with Gasteiger partial charge >= 0.3 is 0 Å². The van der Waals surface area contributed by atoms with E-state index in [9.17, 15) is 13.9 Å². The van der Waals surface area contributed by atoms with E-state index in [-0.39, 0.29) is 18.4 Å². The van der Waals surface area contributed by atoms with E-state index in [4.69, 9.17) is 16.3 Å². The van der Waals surface area contributed by atoms with Crippen molar-refractivity contribution in [2.45, 2.75) is 77.4 Å².